The molecular formula is C20H28N4OS. The van der Waals surface area contributed by atoms with Gasteiger partial charge in [-0.1, -0.05) is 31.5 Å². The maximum absolute atomic E-state index is 12.4. The molecule has 1 aromatic heterocycles. The highest BCUT2D eigenvalue weighted by Crippen LogP contribution is 2.21. The van der Waals surface area contributed by atoms with Crippen LogP contribution in [0.5, 0.6) is 0 Å². The first-order chi connectivity index (χ1) is 12.7. The van der Waals surface area contributed by atoms with Crippen molar-refractivity contribution in [3.63, 3.8) is 0 Å². The number of benzene rings is 1. The van der Waals surface area contributed by atoms with Gasteiger partial charge in [0.1, 0.15) is 0 Å². The number of aromatic nitrogens is 1. The van der Waals surface area contributed by atoms with E-state index in [9.17, 15) is 4.79 Å². The van der Waals surface area contributed by atoms with Crippen molar-refractivity contribution >= 4 is 23.1 Å². The normalized spacial score (nSPS) is 15.0. The number of carbonyl (C=O) groups is 1. The van der Waals surface area contributed by atoms with Crippen molar-refractivity contribution < 1.29 is 4.79 Å². The number of thiazole rings is 1. The Bertz CT molecular complexity index is 737. The molecule has 0 unspecified atom stereocenters. The second-order valence-electron chi connectivity index (χ2n) is 6.76. The van der Waals surface area contributed by atoms with E-state index in [0.29, 0.717) is 6.54 Å². The molecule has 1 saturated heterocycles. The van der Waals surface area contributed by atoms with Gasteiger partial charge in [-0.2, -0.15) is 0 Å². The number of amides is 2. The molecule has 1 aromatic carbocycles. The zero-order valence-corrected chi connectivity index (χ0v) is 16.5. The Morgan fingerprint density at radius 2 is 2.00 bits per heavy atom. The molecule has 6 heteroatoms. The summed E-state index contributed by atoms with van der Waals surface area (Å²) in [4.78, 5) is 20.5. The highest BCUT2D eigenvalue weighted by Gasteiger charge is 2.14. The standard InChI is InChI=1S/C20H28N4OS/c1-3-17-19(26-15(2)22-17)13-21-20(25)23-18-10-6-5-9-16(18)14-24-11-7-4-8-12-24/h5-6,9-10H,3-4,7-8,11-14H2,1-2H3,(H2,21,23,25). The number of nitrogens with one attached hydrogen (secondary N) is 2. The van der Waals surface area contributed by atoms with Crippen LogP contribution in [0, 0.1) is 6.92 Å². The summed E-state index contributed by atoms with van der Waals surface area (Å²) in [5.41, 5.74) is 3.15. The number of para-hydroxylation sites is 1. The van der Waals surface area contributed by atoms with Gasteiger partial charge in [-0.15, -0.1) is 11.3 Å². The van der Waals surface area contributed by atoms with Gasteiger partial charge in [-0.25, -0.2) is 9.78 Å². The minimum absolute atomic E-state index is 0.163. The van der Waals surface area contributed by atoms with Crippen LogP contribution in [0.2, 0.25) is 0 Å². The van der Waals surface area contributed by atoms with Crippen LogP contribution in [0.4, 0.5) is 10.5 Å². The number of hydrogen-bond acceptors (Lipinski definition) is 4. The van der Waals surface area contributed by atoms with Gasteiger partial charge in [-0.05, 0) is 50.9 Å². The summed E-state index contributed by atoms with van der Waals surface area (Å²) in [6.07, 6.45) is 4.76. The number of carbonyl (C=O) groups excluding carboxylic acids is 1. The van der Waals surface area contributed by atoms with Crippen LogP contribution >= 0.6 is 11.3 Å². The topological polar surface area (TPSA) is 57.3 Å². The van der Waals surface area contributed by atoms with Crippen LogP contribution in [-0.2, 0) is 19.5 Å². The molecule has 0 bridgehead atoms. The summed E-state index contributed by atoms with van der Waals surface area (Å²) >= 11 is 1.65. The highest BCUT2D eigenvalue weighted by atomic mass is 32.1. The molecule has 1 fully saturated rings. The Hall–Kier alpha value is -1.92. The molecule has 1 aliphatic heterocycles. The fourth-order valence-corrected chi connectivity index (χ4v) is 4.36. The van der Waals surface area contributed by atoms with E-state index in [1.807, 2.05) is 25.1 Å². The Labute approximate surface area is 159 Å². The van der Waals surface area contributed by atoms with Gasteiger partial charge in [-0.3, -0.25) is 4.90 Å². The highest BCUT2D eigenvalue weighted by molar-refractivity contribution is 7.11. The van der Waals surface area contributed by atoms with Crippen molar-refractivity contribution in [1.29, 1.82) is 0 Å². The monoisotopic (exact) mass is 372 g/mol. The smallest absolute Gasteiger partial charge is 0.319 e. The van der Waals surface area contributed by atoms with Crippen LogP contribution < -0.4 is 10.6 Å². The van der Waals surface area contributed by atoms with Crippen molar-refractivity contribution in [2.24, 2.45) is 0 Å². The van der Waals surface area contributed by atoms with Gasteiger partial charge in [0.2, 0.25) is 0 Å². The lowest BCUT2D eigenvalue weighted by Crippen LogP contribution is -2.31. The summed E-state index contributed by atoms with van der Waals surface area (Å²) in [6.45, 7) is 7.80. The molecule has 0 radical (unpaired) electrons. The number of hydrogen-bond donors (Lipinski definition) is 2. The Morgan fingerprint density at radius 1 is 1.23 bits per heavy atom. The first-order valence-corrected chi connectivity index (χ1v) is 10.3. The number of nitrogens with zero attached hydrogens (tertiary/aromatic N) is 2. The fraction of sp³-hybridized carbons (Fsp3) is 0.500. The molecule has 2 heterocycles. The summed E-state index contributed by atoms with van der Waals surface area (Å²) < 4.78 is 0. The van der Waals surface area contributed by atoms with Crippen LogP contribution in [0.25, 0.3) is 0 Å². The van der Waals surface area contributed by atoms with Crippen molar-refractivity contribution in [3.8, 4) is 0 Å². The second-order valence-corrected chi connectivity index (χ2v) is 8.05. The fourth-order valence-electron chi connectivity index (χ4n) is 3.39. The average Bonchev–Trinajstić information content (AvgIpc) is 3.02. The molecule has 5 nitrogen and oxygen atoms in total. The third kappa shape index (κ3) is 5.05. The molecule has 0 atom stereocenters. The zero-order chi connectivity index (χ0) is 18.4. The van der Waals surface area contributed by atoms with E-state index in [-0.39, 0.29) is 6.03 Å². The molecule has 0 saturated carbocycles. The number of rotatable bonds is 6. The number of piperidine rings is 1. The molecule has 3 rings (SSSR count). The van der Waals surface area contributed by atoms with Gasteiger partial charge >= 0.3 is 6.03 Å². The van der Waals surface area contributed by atoms with Gasteiger partial charge in [0.05, 0.1) is 17.2 Å². The lowest BCUT2D eigenvalue weighted by molar-refractivity contribution is 0.221. The second kappa shape index (κ2) is 9.14. The maximum Gasteiger partial charge on any atom is 0.319 e. The maximum atomic E-state index is 12.4. The molecule has 0 spiro atoms. The molecule has 2 N–H and O–H groups in total. The number of urea groups is 1. The van der Waals surface area contributed by atoms with Gasteiger partial charge < -0.3 is 10.6 Å². The van der Waals surface area contributed by atoms with E-state index < -0.39 is 0 Å². The minimum Gasteiger partial charge on any atom is -0.333 e. The molecule has 26 heavy (non-hydrogen) atoms. The average molecular weight is 373 g/mol. The third-order valence-corrected chi connectivity index (χ3v) is 5.75. The molecule has 2 aromatic rings. The zero-order valence-electron chi connectivity index (χ0n) is 15.7. The van der Waals surface area contributed by atoms with E-state index in [4.69, 9.17) is 0 Å². The van der Waals surface area contributed by atoms with Crippen LogP contribution in [-0.4, -0.2) is 29.0 Å². The van der Waals surface area contributed by atoms with Crippen molar-refractivity contribution in [3.05, 3.63) is 45.4 Å². The van der Waals surface area contributed by atoms with E-state index in [2.05, 4.69) is 33.5 Å². The lowest BCUT2D eigenvalue weighted by atomic mass is 10.1. The molecular weight excluding hydrogens is 344 g/mol. The lowest BCUT2D eigenvalue weighted by Gasteiger charge is -2.27. The SMILES string of the molecule is CCc1nc(C)sc1CNC(=O)Nc1ccccc1CN1CCCCC1. The van der Waals surface area contributed by atoms with Crippen LogP contribution in [0.1, 0.15) is 47.3 Å². The Balaban J connectivity index is 1.58. The summed E-state index contributed by atoms with van der Waals surface area (Å²) in [5, 5.41) is 7.04. The molecule has 1 aliphatic rings. The van der Waals surface area contributed by atoms with Crippen LogP contribution in [0.3, 0.4) is 0 Å². The summed E-state index contributed by atoms with van der Waals surface area (Å²) in [6, 6.07) is 7.93. The Morgan fingerprint density at radius 3 is 2.77 bits per heavy atom. The van der Waals surface area contributed by atoms with Gasteiger partial charge in [0.15, 0.2) is 0 Å². The third-order valence-electron chi connectivity index (χ3n) is 4.74. The Kier molecular flexibility index (Phi) is 6.63. The number of anilines is 1. The van der Waals surface area contributed by atoms with Crippen molar-refractivity contribution in [1.82, 2.24) is 15.2 Å². The minimum atomic E-state index is -0.163. The van der Waals surface area contributed by atoms with E-state index in [0.717, 1.165) is 47.3 Å². The molecule has 0 aliphatic carbocycles. The number of aryl methyl sites for hydroxylation is 2. The number of likely N-dealkylation sites (tertiary alicyclic amines) is 1. The first-order valence-electron chi connectivity index (χ1n) is 9.46. The predicted octanol–water partition coefficient (Wildman–Crippen LogP) is 4.32. The molecule has 2 amide bonds. The van der Waals surface area contributed by atoms with E-state index in [1.165, 1.54) is 24.8 Å². The summed E-state index contributed by atoms with van der Waals surface area (Å²) in [5.74, 6) is 0. The first kappa shape index (κ1) is 18.9. The summed E-state index contributed by atoms with van der Waals surface area (Å²) in [7, 11) is 0. The van der Waals surface area contributed by atoms with Gasteiger partial charge in [0, 0.05) is 17.1 Å². The quantitative estimate of drug-likeness (QED) is 0.794. The van der Waals surface area contributed by atoms with Crippen molar-refractivity contribution in [2.75, 3.05) is 18.4 Å². The molecule has 140 valence electrons. The van der Waals surface area contributed by atoms with Gasteiger partial charge in [0.25, 0.3) is 0 Å². The largest absolute Gasteiger partial charge is 0.333 e. The van der Waals surface area contributed by atoms with Crippen LogP contribution in [0.15, 0.2) is 24.3 Å². The van der Waals surface area contributed by atoms with E-state index >= 15 is 0 Å². The van der Waals surface area contributed by atoms with Crippen molar-refractivity contribution in [2.45, 2.75) is 52.6 Å². The van der Waals surface area contributed by atoms with E-state index in [1.54, 1.807) is 11.3 Å². The predicted molar refractivity (Wildman–Crippen MR) is 108 cm³/mol.